The van der Waals surface area contributed by atoms with Gasteiger partial charge in [0.15, 0.2) is 0 Å². The summed E-state index contributed by atoms with van der Waals surface area (Å²) in [6.45, 7) is 4.74. The van der Waals surface area contributed by atoms with Crippen LogP contribution in [0.2, 0.25) is 0 Å². The van der Waals surface area contributed by atoms with E-state index in [0.717, 1.165) is 24.0 Å². The van der Waals surface area contributed by atoms with E-state index in [0.29, 0.717) is 18.9 Å². The second-order valence-corrected chi connectivity index (χ2v) is 5.17. The fourth-order valence-corrected chi connectivity index (χ4v) is 2.35. The van der Waals surface area contributed by atoms with E-state index in [4.69, 9.17) is 9.84 Å². The van der Waals surface area contributed by atoms with Gasteiger partial charge >= 0.3 is 5.97 Å². The van der Waals surface area contributed by atoms with Gasteiger partial charge < -0.3 is 15.2 Å². The Morgan fingerprint density at radius 2 is 2.10 bits per heavy atom. The Morgan fingerprint density at radius 1 is 1.35 bits per heavy atom. The molecule has 2 N–H and O–H groups in total. The number of carboxylic acid groups (broad SMARTS) is 1. The minimum Gasteiger partial charge on any atom is -0.478 e. The number of aromatic carboxylic acids is 1. The van der Waals surface area contributed by atoms with Crippen molar-refractivity contribution in [1.29, 1.82) is 0 Å². The molecule has 1 aliphatic rings. The minimum atomic E-state index is -0.984. The molecule has 5 nitrogen and oxygen atoms in total. The van der Waals surface area contributed by atoms with Crippen molar-refractivity contribution >= 4 is 17.6 Å². The van der Waals surface area contributed by atoms with Crippen LogP contribution < -0.4 is 5.32 Å². The maximum Gasteiger partial charge on any atom is 0.336 e. The number of nitrogens with one attached hydrogen (secondary N) is 1. The van der Waals surface area contributed by atoms with E-state index in [2.05, 4.69) is 5.32 Å². The van der Waals surface area contributed by atoms with Gasteiger partial charge in [0.2, 0.25) is 5.91 Å². The van der Waals surface area contributed by atoms with Crippen LogP contribution >= 0.6 is 0 Å². The van der Waals surface area contributed by atoms with Crippen molar-refractivity contribution in [2.45, 2.75) is 26.7 Å². The van der Waals surface area contributed by atoms with Gasteiger partial charge in [0.1, 0.15) is 0 Å². The normalized spacial score (nSPS) is 18.6. The summed E-state index contributed by atoms with van der Waals surface area (Å²) in [5.41, 5.74) is 2.32. The number of hydrogen-bond donors (Lipinski definition) is 2. The monoisotopic (exact) mass is 277 g/mol. The number of amides is 1. The molecule has 1 aromatic carbocycles. The largest absolute Gasteiger partial charge is 0.478 e. The Bertz CT molecular complexity index is 533. The van der Waals surface area contributed by atoms with E-state index in [-0.39, 0.29) is 17.4 Å². The lowest BCUT2D eigenvalue weighted by Crippen LogP contribution is -2.30. The van der Waals surface area contributed by atoms with Crippen molar-refractivity contribution in [1.82, 2.24) is 0 Å². The number of anilines is 1. The highest BCUT2D eigenvalue weighted by Crippen LogP contribution is 2.22. The predicted octanol–water partition coefficient (Wildman–Crippen LogP) is 2.37. The molecule has 0 bridgehead atoms. The number of carbonyl (C=O) groups is 2. The van der Waals surface area contributed by atoms with Crippen LogP contribution in [0.3, 0.4) is 0 Å². The molecule has 1 saturated heterocycles. The van der Waals surface area contributed by atoms with Crippen LogP contribution in [0.4, 0.5) is 5.69 Å². The Kier molecular flexibility index (Phi) is 4.39. The van der Waals surface area contributed by atoms with Crippen molar-refractivity contribution in [3.05, 3.63) is 28.8 Å². The molecule has 0 saturated carbocycles. The maximum atomic E-state index is 12.1. The topological polar surface area (TPSA) is 75.6 Å². The van der Waals surface area contributed by atoms with Crippen LogP contribution in [0.15, 0.2) is 12.1 Å². The molecule has 1 atom stereocenters. The smallest absolute Gasteiger partial charge is 0.336 e. The van der Waals surface area contributed by atoms with Crippen molar-refractivity contribution < 1.29 is 19.4 Å². The summed E-state index contributed by atoms with van der Waals surface area (Å²) in [6.07, 6.45) is 1.69. The van der Waals surface area contributed by atoms with Crippen LogP contribution in [0.1, 0.15) is 34.3 Å². The van der Waals surface area contributed by atoms with Crippen molar-refractivity contribution in [3.63, 3.8) is 0 Å². The molecule has 0 spiro atoms. The highest BCUT2D eigenvalue weighted by Gasteiger charge is 2.22. The lowest BCUT2D eigenvalue weighted by molar-refractivity contribution is -0.123. The fraction of sp³-hybridized carbons (Fsp3) is 0.467. The number of carbonyl (C=O) groups excluding carboxylic acids is 1. The van der Waals surface area contributed by atoms with E-state index < -0.39 is 5.97 Å². The first-order chi connectivity index (χ1) is 9.49. The summed E-state index contributed by atoms with van der Waals surface area (Å²) in [4.78, 5) is 23.3. The highest BCUT2D eigenvalue weighted by molar-refractivity contribution is 5.96. The van der Waals surface area contributed by atoms with E-state index in [9.17, 15) is 9.59 Å². The Balaban J connectivity index is 2.16. The minimum absolute atomic E-state index is 0.107. The number of ether oxygens (including phenoxy) is 1. The highest BCUT2D eigenvalue weighted by atomic mass is 16.5. The third kappa shape index (κ3) is 3.17. The zero-order valence-corrected chi connectivity index (χ0v) is 11.7. The van der Waals surface area contributed by atoms with Gasteiger partial charge in [-0.05, 0) is 49.9 Å². The molecule has 0 aromatic heterocycles. The molecule has 0 aliphatic carbocycles. The Morgan fingerprint density at radius 3 is 2.70 bits per heavy atom. The molecule has 1 aliphatic heterocycles. The summed E-state index contributed by atoms with van der Waals surface area (Å²) in [5.74, 6) is -1.24. The number of benzene rings is 1. The van der Waals surface area contributed by atoms with Gasteiger partial charge in [0.05, 0.1) is 18.1 Å². The standard InChI is InChI=1S/C15H19NO4/c1-9-6-12(7-13(10(9)2)15(18)19)16-14(17)11-4-3-5-20-8-11/h6-7,11H,3-5,8H2,1-2H3,(H,16,17)(H,18,19). The second kappa shape index (κ2) is 6.05. The molecule has 20 heavy (non-hydrogen) atoms. The van der Waals surface area contributed by atoms with Gasteiger partial charge in [-0.2, -0.15) is 0 Å². The van der Waals surface area contributed by atoms with Crippen LogP contribution in [0, 0.1) is 19.8 Å². The third-order valence-electron chi connectivity index (χ3n) is 3.70. The first-order valence-electron chi connectivity index (χ1n) is 6.72. The van der Waals surface area contributed by atoms with Crippen molar-refractivity contribution in [2.24, 2.45) is 5.92 Å². The van der Waals surface area contributed by atoms with E-state index in [1.165, 1.54) is 6.07 Å². The quantitative estimate of drug-likeness (QED) is 0.889. The summed E-state index contributed by atoms with van der Waals surface area (Å²) in [5, 5.41) is 12.0. The van der Waals surface area contributed by atoms with Gasteiger partial charge in [0.25, 0.3) is 0 Å². The maximum absolute atomic E-state index is 12.1. The molecule has 108 valence electrons. The summed E-state index contributed by atoms with van der Waals surface area (Å²) >= 11 is 0. The number of carboxylic acids is 1. The van der Waals surface area contributed by atoms with Gasteiger partial charge in [-0.15, -0.1) is 0 Å². The second-order valence-electron chi connectivity index (χ2n) is 5.17. The molecule has 5 heteroatoms. The lowest BCUT2D eigenvalue weighted by Gasteiger charge is -2.21. The van der Waals surface area contributed by atoms with E-state index in [1.807, 2.05) is 6.92 Å². The van der Waals surface area contributed by atoms with Crippen LogP contribution in [0.25, 0.3) is 0 Å². The van der Waals surface area contributed by atoms with Crippen LogP contribution in [-0.4, -0.2) is 30.2 Å². The molecule has 2 rings (SSSR count). The Labute approximate surface area is 117 Å². The van der Waals surface area contributed by atoms with Gasteiger partial charge in [-0.3, -0.25) is 4.79 Å². The average Bonchev–Trinajstić information content (AvgIpc) is 2.43. The molecular weight excluding hydrogens is 258 g/mol. The van der Waals surface area contributed by atoms with Crippen LogP contribution in [-0.2, 0) is 9.53 Å². The first-order valence-corrected chi connectivity index (χ1v) is 6.72. The molecule has 1 heterocycles. The molecule has 1 fully saturated rings. The Hall–Kier alpha value is -1.88. The predicted molar refractivity (Wildman–Crippen MR) is 75.0 cm³/mol. The molecule has 1 aromatic rings. The van der Waals surface area contributed by atoms with Crippen molar-refractivity contribution in [2.75, 3.05) is 18.5 Å². The molecular formula is C15H19NO4. The molecule has 0 radical (unpaired) electrons. The van der Waals surface area contributed by atoms with Gasteiger partial charge in [-0.1, -0.05) is 0 Å². The zero-order valence-electron chi connectivity index (χ0n) is 11.7. The SMILES string of the molecule is Cc1cc(NC(=O)C2CCCOC2)cc(C(=O)O)c1C. The molecule has 1 unspecified atom stereocenters. The molecule has 1 amide bonds. The number of rotatable bonds is 3. The summed E-state index contributed by atoms with van der Waals surface area (Å²) in [7, 11) is 0. The number of aryl methyl sites for hydroxylation is 1. The van der Waals surface area contributed by atoms with E-state index in [1.54, 1.807) is 13.0 Å². The summed E-state index contributed by atoms with van der Waals surface area (Å²) in [6, 6.07) is 3.30. The lowest BCUT2D eigenvalue weighted by atomic mass is 10.00. The fourth-order valence-electron chi connectivity index (χ4n) is 2.35. The third-order valence-corrected chi connectivity index (χ3v) is 3.70. The van der Waals surface area contributed by atoms with Crippen molar-refractivity contribution in [3.8, 4) is 0 Å². The zero-order chi connectivity index (χ0) is 14.7. The average molecular weight is 277 g/mol. The number of hydrogen-bond acceptors (Lipinski definition) is 3. The van der Waals surface area contributed by atoms with E-state index >= 15 is 0 Å². The van der Waals surface area contributed by atoms with Crippen LogP contribution in [0.5, 0.6) is 0 Å². The van der Waals surface area contributed by atoms with Gasteiger partial charge in [-0.25, -0.2) is 4.79 Å². The summed E-state index contributed by atoms with van der Waals surface area (Å²) < 4.78 is 5.29. The van der Waals surface area contributed by atoms with Gasteiger partial charge in [0, 0.05) is 12.3 Å². The first kappa shape index (κ1) is 14.5.